The number of rotatable bonds is 3. The lowest BCUT2D eigenvalue weighted by Crippen LogP contribution is -2.02. The molecule has 4 heterocycles. The van der Waals surface area contributed by atoms with Gasteiger partial charge in [-0.25, -0.2) is 9.97 Å². The van der Waals surface area contributed by atoms with Crippen LogP contribution in [0, 0.1) is 0 Å². The van der Waals surface area contributed by atoms with Crippen molar-refractivity contribution in [3.63, 3.8) is 0 Å². The fourth-order valence-corrected chi connectivity index (χ4v) is 7.69. The number of fused-ring (bicyclic) bond motifs is 12. The molecule has 0 aliphatic rings. The molecule has 11 aromatic rings. The van der Waals surface area contributed by atoms with Crippen LogP contribution in [0.25, 0.3) is 105 Å². The summed E-state index contributed by atoms with van der Waals surface area (Å²) in [6.07, 6.45) is 0. The number of para-hydroxylation sites is 2. The van der Waals surface area contributed by atoms with Crippen LogP contribution in [0.5, 0.6) is 0 Å². The first kappa shape index (κ1) is 26.4. The molecule has 4 aromatic heterocycles. The third-order valence-electron chi connectivity index (χ3n) is 9.82. The zero-order valence-electron chi connectivity index (χ0n) is 26.1. The monoisotopic (exact) mass is 627 g/mol. The fraction of sp³-hybridized carbons (Fsp3) is 0. The summed E-state index contributed by atoms with van der Waals surface area (Å²) in [7, 11) is 0. The fourth-order valence-electron chi connectivity index (χ4n) is 7.69. The van der Waals surface area contributed by atoms with E-state index in [1.165, 1.54) is 10.8 Å². The Morgan fingerprint density at radius 1 is 0.429 bits per heavy atom. The van der Waals surface area contributed by atoms with Crippen molar-refractivity contribution in [1.82, 2.24) is 14.5 Å². The molecular formula is C44H25N3O2. The molecule has 0 spiro atoms. The van der Waals surface area contributed by atoms with Crippen LogP contribution in [0.4, 0.5) is 0 Å². The summed E-state index contributed by atoms with van der Waals surface area (Å²) in [5.74, 6) is 0.580. The molecule has 0 bridgehead atoms. The minimum atomic E-state index is 0.580. The molecule has 0 saturated heterocycles. The van der Waals surface area contributed by atoms with Gasteiger partial charge in [-0.05, 0) is 58.3 Å². The second-order valence-corrected chi connectivity index (χ2v) is 12.5. The van der Waals surface area contributed by atoms with Gasteiger partial charge >= 0.3 is 0 Å². The second-order valence-electron chi connectivity index (χ2n) is 12.5. The highest BCUT2D eigenvalue weighted by Gasteiger charge is 2.24. The molecule has 0 radical (unpaired) electrons. The van der Waals surface area contributed by atoms with Gasteiger partial charge in [-0.1, -0.05) is 115 Å². The first-order chi connectivity index (χ1) is 24.3. The maximum Gasteiger partial charge on any atom is 0.236 e. The minimum absolute atomic E-state index is 0.580. The normalized spacial score (nSPS) is 12.1. The molecule has 7 aromatic carbocycles. The number of nitrogens with zero attached hydrogens (tertiary/aromatic N) is 3. The Kier molecular flexibility index (Phi) is 5.32. The van der Waals surface area contributed by atoms with Crippen molar-refractivity contribution in [2.24, 2.45) is 0 Å². The van der Waals surface area contributed by atoms with Crippen LogP contribution in [0.3, 0.4) is 0 Å². The molecule has 5 heteroatoms. The number of hydrogen-bond donors (Lipinski definition) is 0. The zero-order valence-corrected chi connectivity index (χ0v) is 26.1. The Morgan fingerprint density at radius 2 is 1.08 bits per heavy atom. The number of furan rings is 2. The SMILES string of the molecule is c1ccc(-c2cc3oc4c(ccc5c4c4ccccc4n5-c4nc(-c5ccccc5)c5oc6ccccc6c5n4)c3c3ccccc23)cc1. The third-order valence-corrected chi connectivity index (χ3v) is 9.82. The van der Waals surface area contributed by atoms with Crippen molar-refractivity contribution >= 4 is 76.6 Å². The summed E-state index contributed by atoms with van der Waals surface area (Å²) in [6.45, 7) is 0. The van der Waals surface area contributed by atoms with Crippen LogP contribution in [0.1, 0.15) is 0 Å². The predicted octanol–water partition coefficient (Wildman–Crippen LogP) is 11.9. The Bertz CT molecular complexity index is 3100. The molecular weight excluding hydrogens is 603 g/mol. The van der Waals surface area contributed by atoms with Crippen molar-refractivity contribution in [3.05, 3.63) is 152 Å². The van der Waals surface area contributed by atoms with Crippen molar-refractivity contribution < 1.29 is 8.83 Å². The smallest absolute Gasteiger partial charge is 0.236 e. The molecule has 0 amide bonds. The summed E-state index contributed by atoms with van der Waals surface area (Å²) >= 11 is 0. The van der Waals surface area contributed by atoms with E-state index in [1.807, 2.05) is 36.4 Å². The van der Waals surface area contributed by atoms with E-state index in [1.54, 1.807) is 0 Å². The summed E-state index contributed by atoms with van der Waals surface area (Å²) in [5, 5.41) is 7.66. The van der Waals surface area contributed by atoms with Crippen LogP contribution >= 0.6 is 0 Å². The first-order valence-electron chi connectivity index (χ1n) is 16.4. The van der Waals surface area contributed by atoms with Gasteiger partial charge in [0.15, 0.2) is 5.58 Å². The first-order valence-corrected chi connectivity index (χ1v) is 16.4. The molecule has 0 aliphatic carbocycles. The molecule has 0 atom stereocenters. The maximum absolute atomic E-state index is 6.93. The maximum atomic E-state index is 6.93. The molecule has 0 N–H and O–H groups in total. The van der Waals surface area contributed by atoms with Crippen molar-refractivity contribution in [1.29, 1.82) is 0 Å². The van der Waals surface area contributed by atoms with Gasteiger partial charge in [0.25, 0.3) is 0 Å². The molecule has 0 unspecified atom stereocenters. The van der Waals surface area contributed by atoms with Gasteiger partial charge in [-0.3, -0.25) is 4.57 Å². The Labute approximate surface area is 279 Å². The molecule has 228 valence electrons. The van der Waals surface area contributed by atoms with Gasteiger partial charge in [0, 0.05) is 27.1 Å². The highest BCUT2D eigenvalue weighted by molar-refractivity contribution is 6.29. The van der Waals surface area contributed by atoms with Crippen LogP contribution in [-0.2, 0) is 0 Å². The molecule has 49 heavy (non-hydrogen) atoms. The number of hydrogen-bond acceptors (Lipinski definition) is 4. The Balaban J connectivity index is 1.26. The van der Waals surface area contributed by atoms with Crippen LogP contribution in [0.15, 0.2) is 160 Å². The lowest BCUT2D eigenvalue weighted by atomic mass is 9.95. The van der Waals surface area contributed by atoms with E-state index in [2.05, 4.69) is 120 Å². The molecule has 0 fully saturated rings. The Hall–Kier alpha value is -6.72. The highest BCUT2D eigenvalue weighted by atomic mass is 16.3. The van der Waals surface area contributed by atoms with Crippen molar-refractivity contribution in [2.45, 2.75) is 0 Å². The van der Waals surface area contributed by atoms with Crippen molar-refractivity contribution in [3.8, 4) is 28.3 Å². The number of benzene rings is 7. The third kappa shape index (κ3) is 3.70. The molecule has 0 aliphatic heterocycles. The second kappa shape index (κ2) is 9.89. The van der Waals surface area contributed by atoms with Gasteiger partial charge in [0.05, 0.1) is 16.4 Å². The van der Waals surface area contributed by atoms with Crippen LogP contribution < -0.4 is 0 Å². The predicted molar refractivity (Wildman–Crippen MR) is 199 cm³/mol. The van der Waals surface area contributed by atoms with E-state index in [0.29, 0.717) is 11.5 Å². The summed E-state index contributed by atoms with van der Waals surface area (Å²) < 4.78 is 15.5. The average molecular weight is 628 g/mol. The van der Waals surface area contributed by atoms with E-state index in [4.69, 9.17) is 18.8 Å². The van der Waals surface area contributed by atoms with Gasteiger partial charge in [-0.2, -0.15) is 0 Å². The van der Waals surface area contributed by atoms with Gasteiger partial charge in [0.1, 0.15) is 28.0 Å². The molecule has 0 saturated carbocycles. The van der Waals surface area contributed by atoms with Crippen molar-refractivity contribution in [2.75, 3.05) is 0 Å². The average Bonchev–Trinajstić information content (AvgIpc) is 3.84. The lowest BCUT2D eigenvalue weighted by molar-refractivity contribution is 0.666. The van der Waals surface area contributed by atoms with Gasteiger partial charge in [-0.15, -0.1) is 0 Å². The van der Waals surface area contributed by atoms with E-state index in [-0.39, 0.29) is 0 Å². The standard InChI is InChI=1S/C44H25N3O2/c1-3-13-26(14-4-1)33-25-37-38(29-18-8-7-17-28(29)33)32-23-24-35-39(42(32)49-37)30-19-9-11-21-34(30)47(35)44-45-40(27-15-5-2-6-16-27)43-41(46-44)31-20-10-12-22-36(31)48-43/h1-25H. The molecule has 5 nitrogen and oxygen atoms in total. The van der Waals surface area contributed by atoms with Crippen LogP contribution in [-0.4, -0.2) is 14.5 Å². The summed E-state index contributed by atoms with van der Waals surface area (Å²) in [6, 6.07) is 52.4. The van der Waals surface area contributed by atoms with E-state index >= 15 is 0 Å². The van der Waals surface area contributed by atoms with Gasteiger partial charge in [0.2, 0.25) is 5.95 Å². The summed E-state index contributed by atoms with van der Waals surface area (Å²) in [5.41, 5.74) is 10.0. The van der Waals surface area contributed by atoms with E-state index < -0.39 is 0 Å². The molecule has 11 rings (SSSR count). The largest absolute Gasteiger partial charge is 0.455 e. The highest BCUT2D eigenvalue weighted by Crippen LogP contribution is 2.45. The quantitative estimate of drug-likeness (QED) is 0.196. The van der Waals surface area contributed by atoms with Crippen LogP contribution in [0.2, 0.25) is 0 Å². The number of aromatic nitrogens is 3. The zero-order chi connectivity index (χ0) is 32.1. The van der Waals surface area contributed by atoms with E-state index in [9.17, 15) is 0 Å². The van der Waals surface area contributed by atoms with E-state index in [0.717, 1.165) is 82.6 Å². The lowest BCUT2D eigenvalue weighted by Gasteiger charge is -2.09. The minimum Gasteiger partial charge on any atom is -0.455 e. The van der Waals surface area contributed by atoms with Gasteiger partial charge < -0.3 is 8.83 Å². The topological polar surface area (TPSA) is 57.0 Å². The summed E-state index contributed by atoms with van der Waals surface area (Å²) in [4.78, 5) is 10.5. The Morgan fingerprint density at radius 3 is 1.90 bits per heavy atom.